The molecule has 8 nitrogen and oxygen atoms in total. The fraction of sp³-hybridized carbons (Fsp3) is 0.500. The monoisotopic (exact) mass is 528 g/mol. The molecule has 0 aromatic heterocycles. The molecule has 0 radical (unpaired) electrons. The number of likely N-dealkylation sites (N-methyl/N-ethyl adjacent to an activating group) is 1. The zero-order valence-electron chi connectivity index (χ0n) is 21.9. The standard InChI is InChI=1S/C28H36N2O6S/c1-5-6-7-8-22-10-12-28-26(13-22)36-27(20(2)15-30(21(3)18-31)37(28,32)33)17-29(4)16-23-9-11-24-25(14-23)35-19-34-24/h9-14,20-21,27,31H,5-6,15-19H2,1-4H3/t20-,21-,27+/m1/s1. The minimum Gasteiger partial charge on any atom is -0.487 e. The van der Waals surface area contributed by atoms with Gasteiger partial charge in [-0.3, -0.25) is 4.90 Å². The number of ether oxygens (including phenoxy) is 3. The van der Waals surface area contributed by atoms with Crippen LogP contribution in [0.3, 0.4) is 0 Å². The quantitative estimate of drug-likeness (QED) is 0.551. The molecule has 0 saturated carbocycles. The van der Waals surface area contributed by atoms with Gasteiger partial charge in [-0.1, -0.05) is 31.8 Å². The maximum Gasteiger partial charge on any atom is 0.247 e. The molecule has 0 saturated heterocycles. The van der Waals surface area contributed by atoms with Crippen LogP contribution in [-0.4, -0.2) is 68.4 Å². The molecule has 200 valence electrons. The smallest absolute Gasteiger partial charge is 0.247 e. The first kappa shape index (κ1) is 27.3. The third kappa shape index (κ3) is 6.21. The van der Waals surface area contributed by atoms with Gasteiger partial charge >= 0.3 is 0 Å². The van der Waals surface area contributed by atoms with E-state index in [0.29, 0.717) is 24.4 Å². The number of fused-ring (bicyclic) bond motifs is 2. The maximum atomic E-state index is 13.6. The van der Waals surface area contributed by atoms with E-state index < -0.39 is 16.1 Å². The van der Waals surface area contributed by atoms with Gasteiger partial charge in [-0.2, -0.15) is 4.31 Å². The Morgan fingerprint density at radius 3 is 2.70 bits per heavy atom. The molecule has 0 amide bonds. The van der Waals surface area contributed by atoms with Gasteiger partial charge in [-0.25, -0.2) is 8.42 Å². The van der Waals surface area contributed by atoms with Gasteiger partial charge < -0.3 is 19.3 Å². The molecule has 0 aliphatic carbocycles. The van der Waals surface area contributed by atoms with Crippen LogP contribution in [-0.2, 0) is 16.6 Å². The second-order valence-electron chi connectivity index (χ2n) is 9.84. The third-order valence-electron chi connectivity index (χ3n) is 6.66. The summed E-state index contributed by atoms with van der Waals surface area (Å²) < 4.78 is 46.0. The van der Waals surface area contributed by atoms with Crippen molar-refractivity contribution >= 4 is 10.0 Å². The number of rotatable bonds is 7. The number of benzene rings is 2. The molecule has 2 aliphatic heterocycles. The molecule has 0 spiro atoms. The lowest BCUT2D eigenvalue weighted by Gasteiger charge is -2.37. The number of aliphatic hydroxyl groups excluding tert-OH is 1. The van der Waals surface area contributed by atoms with Crippen molar-refractivity contribution in [2.45, 2.75) is 57.2 Å². The fourth-order valence-electron chi connectivity index (χ4n) is 4.53. The van der Waals surface area contributed by atoms with Gasteiger partial charge in [-0.05, 0) is 56.3 Å². The average Bonchev–Trinajstić information content (AvgIpc) is 3.34. The molecule has 1 N–H and O–H groups in total. The van der Waals surface area contributed by atoms with E-state index in [2.05, 4.69) is 23.7 Å². The predicted octanol–water partition coefficient (Wildman–Crippen LogP) is 3.47. The van der Waals surface area contributed by atoms with Gasteiger partial charge in [0, 0.05) is 43.6 Å². The van der Waals surface area contributed by atoms with Crippen molar-refractivity contribution in [2.24, 2.45) is 5.92 Å². The highest BCUT2D eigenvalue weighted by atomic mass is 32.2. The molecule has 2 heterocycles. The molecule has 3 atom stereocenters. The van der Waals surface area contributed by atoms with Gasteiger partial charge in [0.25, 0.3) is 0 Å². The van der Waals surface area contributed by atoms with Gasteiger partial charge in [0.1, 0.15) is 16.7 Å². The Labute approximate surface area is 220 Å². The minimum atomic E-state index is -3.87. The van der Waals surface area contributed by atoms with Crippen molar-refractivity contribution in [1.29, 1.82) is 0 Å². The largest absolute Gasteiger partial charge is 0.487 e. The molecule has 0 unspecified atom stereocenters. The van der Waals surface area contributed by atoms with Crippen LogP contribution in [0.2, 0.25) is 0 Å². The first-order chi connectivity index (χ1) is 17.7. The van der Waals surface area contributed by atoms with Crippen molar-refractivity contribution in [2.75, 3.05) is 33.5 Å². The second kappa shape index (κ2) is 11.7. The number of unbranched alkanes of at least 4 members (excludes halogenated alkanes) is 1. The van der Waals surface area contributed by atoms with Crippen molar-refractivity contribution in [3.8, 4) is 29.1 Å². The third-order valence-corrected chi connectivity index (χ3v) is 8.68. The van der Waals surface area contributed by atoms with Crippen molar-refractivity contribution in [1.82, 2.24) is 9.21 Å². The normalized spacial score (nSPS) is 21.2. The molecular formula is C28H36N2O6S. The number of nitrogens with zero attached hydrogens (tertiary/aromatic N) is 2. The number of hydrogen-bond donors (Lipinski definition) is 1. The maximum absolute atomic E-state index is 13.6. The highest BCUT2D eigenvalue weighted by molar-refractivity contribution is 7.89. The lowest BCUT2D eigenvalue weighted by molar-refractivity contribution is 0.0733. The van der Waals surface area contributed by atoms with E-state index in [0.717, 1.165) is 29.9 Å². The molecule has 2 aromatic carbocycles. The predicted molar refractivity (Wildman–Crippen MR) is 141 cm³/mol. The van der Waals surface area contributed by atoms with Crippen LogP contribution in [0.1, 0.15) is 44.7 Å². The summed E-state index contributed by atoms with van der Waals surface area (Å²) in [6.07, 6.45) is 1.43. The van der Waals surface area contributed by atoms with Crippen LogP contribution < -0.4 is 14.2 Å². The van der Waals surface area contributed by atoms with Crippen LogP contribution in [0.15, 0.2) is 41.3 Å². The van der Waals surface area contributed by atoms with Crippen LogP contribution in [0.4, 0.5) is 0 Å². The first-order valence-electron chi connectivity index (χ1n) is 12.7. The van der Waals surface area contributed by atoms with Crippen molar-refractivity contribution < 1.29 is 27.7 Å². The van der Waals surface area contributed by atoms with E-state index in [4.69, 9.17) is 14.2 Å². The van der Waals surface area contributed by atoms with Gasteiger partial charge in [0.05, 0.1) is 6.61 Å². The fourth-order valence-corrected chi connectivity index (χ4v) is 6.36. The van der Waals surface area contributed by atoms with Gasteiger partial charge in [-0.15, -0.1) is 0 Å². The van der Waals surface area contributed by atoms with E-state index in [1.165, 1.54) is 4.31 Å². The Balaban J connectivity index is 1.63. The zero-order valence-corrected chi connectivity index (χ0v) is 22.8. The molecule has 0 bridgehead atoms. The molecule has 37 heavy (non-hydrogen) atoms. The number of sulfonamides is 1. The Morgan fingerprint density at radius 2 is 1.95 bits per heavy atom. The van der Waals surface area contributed by atoms with E-state index in [-0.39, 0.29) is 36.9 Å². The molecule has 0 fully saturated rings. The molecule has 4 rings (SSSR count). The summed E-state index contributed by atoms with van der Waals surface area (Å²) in [4.78, 5) is 2.25. The van der Waals surface area contributed by atoms with Crippen LogP contribution in [0, 0.1) is 17.8 Å². The van der Waals surface area contributed by atoms with Crippen molar-refractivity contribution in [3.63, 3.8) is 0 Å². The summed E-state index contributed by atoms with van der Waals surface area (Å²) >= 11 is 0. The summed E-state index contributed by atoms with van der Waals surface area (Å²) in [5.74, 6) is 7.88. The topological polar surface area (TPSA) is 88.5 Å². The Hall–Kier alpha value is -2.77. The highest BCUT2D eigenvalue weighted by Gasteiger charge is 2.38. The van der Waals surface area contributed by atoms with E-state index in [9.17, 15) is 13.5 Å². The zero-order chi connectivity index (χ0) is 26.6. The SMILES string of the molecule is CCCC#Cc1ccc2c(c1)O[C@@H](CN(C)Cc1ccc3c(c1)OCO3)[C@H](C)CN([C@H](C)CO)S2(=O)=O. The van der Waals surface area contributed by atoms with E-state index in [1.54, 1.807) is 25.1 Å². The summed E-state index contributed by atoms with van der Waals surface area (Å²) in [5, 5.41) is 9.84. The van der Waals surface area contributed by atoms with E-state index in [1.807, 2.05) is 32.2 Å². The Morgan fingerprint density at radius 1 is 1.16 bits per heavy atom. The van der Waals surface area contributed by atoms with Gasteiger partial charge in [0.15, 0.2) is 11.5 Å². The van der Waals surface area contributed by atoms with Crippen LogP contribution in [0.25, 0.3) is 0 Å². The minimum absolute atomic E-state index is 0.101. The summed E-state index contributed by atoms with van der Waals surface area (Å²) in [7, 11) is -1.86. The first-order valence-corrected chi connectivity index (χ1v) is 14.2. The average molecular weight is 529 g/mol. The summed E-state index contributed by atoms with van der Waals surface area (Å²) in [5.41, 5.74) is 1.79. The van der Waals surface area contributed by atoms with Crippen LogP contribution in [0.5, 0.6) is 17.2 Å². The lowest BCUT2D eigenvalue weighted by atomic mass is 10.0. The van der Waals surface area contributed by atoms with Crippen molar-refractivity contribution in [3.05, 3.63) is 47.5 Å². The molecule has 9 heteroatoms. The molecule has 2 aromatic rings. The summed E-state index contributed by atoms with van der Waals surface area (Å²) in [6.45, 7) is 7.21. The number of aliphatic hydroxyl groups is 1. The molecule has 2 aliphatic rings. The van der Waals surface area contributed by atoms with Crippen LogP contribution >= 0.6 is 0 Å². The molecular weight excluding hydrogens is 492 g/mol. The second-order valence-corrected chi connectivity index (χ2v) is 11.7. The van der Waals surface area contributed by atoms with Gasteiger partial charge in [0.2, 0.25) is 16.8 Å². The highest BCUT2D eigenvalue weighted by Crippen LogP contribution is 2.35. The Bertz CT molecular complexity index is 1270. The number of hydrogen-bond acceptors (Lipinski definition) is 7. The van der Waals surface area contributed by atoms with E-state index >= 15 is 0 Å². The Kier molecular flexibility index (Phi) is 8.65. The summed E-state index contributed by atoms with van der Waals surface area (Å²) in [6, 6.07) is 10.4. The lowest BCUT2D eigenvalue weighted by Crippen LogP contribution is -2.49.